The van der Waals surface area contributed by atoms with Gasteiger partial charge in [-0.3, -0.25) is 0 Å². The predicted molar refractivity (Wildman–Crippen MR) is 74.3 cm³/mol. The van der Waals surface area contributed by atoms with Gasteiger partial charge in [0.05, 0.1) is 12.7 Å². The summed E-state index contributed by atoms with van der Waals surface area (Å²) in [7, 11) is 0. The summed E-state index contributed by atoms with van der Waals surface area (Å²) in [6.45, 7) is 1.67. The molecule has 1 aliphatic carbocycles. The molecule has 0 bridgehead atoms. The van der Waals surface area contributed by atoms with Crippen molar-refractivity contribution in [3.05, 3.63) is 33.8 Å². The number of halogens is 2. The smallest absolute Gasteiger partial charge is 0.0963 e. The highest BCUT2D eigenvalue weighted by Crippen LogP contribution is 2.34. The number of ether oxygens (including phenoxy) is 1. The Labute approximate surface area is 118 Å². The van der Waals surface area contributed by atoms with Crippen LogP contribution in [0.4, 0.5) is 0 Å². The van der Waals surface area contributed by atoms with Crippen molar-refractivity contribution in [3.8, 4) is 0 Å². The van der Waals surface area contributed by atoms with Gasteiger partial charge in [-0.2, -0.15) is 0 Å². The van der Waals surface area contributed by atoms with E-state index in [2.05, 4.69) is 5.32 Å². The van der Waals surface area contributed by atoms with Gasteiger partial charge in [-0.15, -0.1) is 0 Å². The molecule has 1 aromatic rings. The average molecular weight is 286 g/mol. The molecule has 3 atom stereocenters. The molecule has 0 spiro atoms. The monoisotopic (exact) mass is 285 g/mol. The molecule has 3 unspecified atom stereocenters. The predicted octanol–water partition coefficient (Wildman–Crippen LogP) is 3.82. The lowest BCUT2D eigenvalue weighted by atomic mass is 10.1. The number of benzene rings is 1. The fourth-order valence-electron chi connectivity index (χ4n) is 3.02. The first-order chi connectivity index (χ1) is 8.74. The van der Waals surface area contributed by atoms with Crippen LogP contribution in [-0.2, 0) is 4.74 Å². The van der Waals surface area contributed by atoms with Crippen molar-refractivity contribution in [2.24, 2.45) is 5.92 Å². The van der Waals surface area contributed by atoms with Gasteiger partial charge in [0.1, 0.15) is 0 Å². The normalized spacial score (nSPS) is 32.0. The van der Waals surface area contributed by atoms with E-state index in [9.17, 15) is 0 Å². The van der Waals surface area contributed by atoms with E-state index >= 15 is 0 Å². The Kier molecular flexibility index (Phi) is 3.81. The van der Waals surface area contributed by atoms with Gasteiger partial charge in [0.15, 0.2) is 0 Å². The number of hydrogen-bond donors (Lipinski definition) is 1. The first kappa shape index (κ1) is 12.7. The van der Waals surface area contributed by atoms with E-state index in [1.807, 2.05) is 12.1 Å². The zero-order valence-electron chi connectivity index (χ0n) is 10.2. The van der Waals surface area contributed by atoms with Crippen molar-refractivity contribution in [1.29, 1.82) is 0 Å². The molecule has 0 amide bonds. The molecule has 4 heteroatoms. The summed E-state index contributed by atoms with van der Waals surface area (Å²) in [5, 5.41) is 4.98. The summed E-state index contributed by atoms with van der Waals surface area (Å²) in [4.78, 5) is 0. The van der Waals surface area contributed by atoms with Gasteiger partial charge >= 0.3 is 0 Å². The third kappa shape index (κ3) is 2.53. The molecule has 1 heterocycles. The quantitative estimate of drug-likeness (QED) is 0.847. The third-order valence-electron chi connectivity index (χ3n) is 4.05. The first-order valence-electron chi connectivity index (χ1n) is 6.54. The summed E-state index contributed by atoms with van der Waals surface area (Å²) in [6, 6.07) is 6.25. The van der Waals surface area contributed by atoms with Gasteiger partial charge in [0, 0.05) is 28.2 Å². The van der Waals surface area contributed by atoms with E-state index in [1.54, 1.807) is 6.07 Å². The van der Waals surface area contributed by atoms with Crippen LogP contribution < -0.4 is 5.32 Å². The summed E-state index contributed by atoms with van der Waals surface area (Å²) in [6.07, 6.45) is 3.91. The Bertz CT molecular complexity index is 424. The second-order valence-electron chi connectivity index (χ2n) is 5.19. The SMILES string of the molecule is Clc1ccc(C2CNC3CCCC3CO2)c(Cl)c1. The van der Waals surface area contributed by atoms with Crippen molar-refractivity contribution in [2.75, 3.05) is 13.2 Å². The van der Waals surface area contributed by atoms with Gasteiger partial charge in [0.25, 0.3) is 0 Å². The Morgan fingerprint density at radius 1 is 1.22 bits per heavy atom. The molecule has 18 heavy (non-hydrogen) atoms. The van der Waals surface area contributed by atoms with Crippen LogP contribution in [0.15, 0.2) is 18.2 Å². The lowest BCUT2D eigenvalue weighted by molar-refractivity contribution is 0.0474. The van der Waals surface area contributed by atoms with E-state index in [1.165, 1.54) is 19.3 Å². The molecule has 3 rings (SSSR count). The highest BCUT2D eigenvalue weighted by atomic mass is 35.5. The molecule has 1 saturated carbocycles. The minimum Gasteiger partial charge on any atom is -0.372 e. The van der Waals surface area contributed by atoms with E-state index < -0.39 is 0 Å². The number of rotatable bonds is 1. The Morgan fingerprint density at radius 2 is 2.11 bits per heavy atom. The summed E-state index contributed by atoms with van der Waals surface area (Å²) in [5.41, 5.74) is 1.04. The maximum atomic E-state index is 6.24. The Balaban J connectivity index is 1.76. The van der Waals surface area contributed by atoms with Crippen LogP contribution in [0.5, 0.6) is 0 Å². The van der Waals surface area contributed by atoms with Crippen LogP contribution in [-0.4, -0.2) is 19.2 Å². The van der Waals surface area contributed by atoms with Crippen LogP contribution >= 0.6 is 23.2 Å². The number of hydrogen-bond acceptors (Lipinski definition) is 2. The molecular formula is C14H17Cl2NO. The van der Waals surface area contributed by atoms with Crippen LogP contribution in [0.25, 0.3) is 0 Å². The molecular weight excluding hydrogens is 269 g/mol. The number of nitrogens with one attached hydrogen (secondary N) is 1. The molecule has 2 fully saturated rings. The molecule has 1 aromatic carbocycles. The van der Waals surface area contributed by atoms with E-state index in [4.69, 9.17) is 27.9 Å². The van der Waals surface area contributed by atoms with Gasteiger partial charge in [-0.25, -0.2) is 0 Å². The lowest BCUT2D eigenvalue weighted by Gasteiger charge is -2.17. The Hall–Kier alpha value is -0.280. The molecule has 1 aliphatic heterocycles. The van der Waals surface area contributed by atoms with E-state index in [0.717, 1.165) is 18.7 Å². The lowest BCUT2D eigenvalue weighted by Crippen LogP contribution is -2.32. The van der Waals surface area contributed by atoms with Crippen molar-refractivity contribution in [3.63, 3.8) is 0 Å². The standard InChI is InChI=1S/C14H17Cl2NO/c15-10-4-5-11(12(16)6-10)14-7-17-13-3-1-2-9(13)8-18-14/h4-6,9,13-14,17H,1-3,7-8H2. The van der Waals surface area contributed by atoms with Gasteiger partial charge in [-0.1, -0.05) is 35.7 Å². The van der Waals surface area contributed by atoms with E-state index in [-0.39, 0.29) is 6.10 Å². The zero-order valence-corrected chi connectivity index (χ0v) is 11.7. The van der Waals surface area contributed by atoms with Crippen LogP contribution in [0.1, 0.15) is 30.9 Å². The molecule has 1 saturated heterocycles. The second kappa shape index (κ2) is 5.38. The van der Waals surface area contributed by atoms with Crippen molar-refractivity contribution >= 4 is 23.2 Å². The topological polar surface area (TPSA) is 21.3 Å². The van der Waals surface area contributed by atoms with Crippen molar-refractivity contribution < 1.29 is 4.74 Å². The minimum absolute atomic E-state index is 0.0420. The molecule has 2 aliphatic rings. The van der Waals surface area contributed by atoms with Gasteiger partial charge in [0.2, 0.25) is 0 Å². The highest BCUT2D eigenvalue weighted by Gasteiger charge is 2.32. The average Bonchev–Trinajstić information content (AvgIpc) is 2.70. The molecule has 1 N–H and O–H groups in total. The highest BCUT2D eigenvalue weighted by molar-refractivity contribution is 6.35. The molecule has 0 aromatic heterocycles. The van der Waals surface area contributed by atoms with Crippen molar-refractivity contribution in [1.82, 2.24) is 5.32 Å². The second-order valence-corrected chi connectivity index (χ2v) is 6.04. The maximum Gasteiger partial charge on any atom is 0.0963 e. The number of fused-ring (bicyclic) bond motifs is 1. The fourth-order valence-corrected chi connectivity index (χ4v) is 3.55. The summed E-state index contributed by atoms with van der Waals surface area (Å²) in [5.74, 6) is 0.668. The molecule has 98 valence electrons. The molecule has 2 nitrogen and oxygen atoms in total. The molecule has 0 radical (unpaired) electrons. The fraction of sp³-hybridized carbons (Fsp3) is 0.571. The van der Waals surface area contributed by atoms with Crippen LogP contribution in [0.3, 0.4) is 0 Å². The summed E-state index contributed by atoms with van der Waals surface area (Å²) < 4.78 is 6.03. The van der Waals surface area contributed by atoms with Crippen molar-refractivity contribution in [2.45, 2.75) is 31.4 Å². The Morgan fingerprint density at radius 3 is 2.94 bits per heavy atom. The largest absolute Gasteiger partial charge is 0.372 e. The zero-order chi connectivity index (χ0) is 12.5. The van der Waals surface area contributed by atoms with Crippen LogP contribution in [0, 0.1) is 5.92 Å². The van der Waals surface area contributed by atoms with E-state index in [0.29, 0.717) is 22.0 Å². The third-order valence-corrected chi connectivity index (χ3v) is 4.61. The minimum atomic E-state index is 0.0420. The van der Waals surface area contributed by atoms with Crippen LogP contribution in [0.2, 0.25) is 10.0 Å². The van der Waals surface area contributed by atoms with Gasteiger partial charge in [-0.05, 0) is 30.9 Å². The summed E-state index contributed by atoms with van der Waals surface area (Å²) >= 11 is 12.2. The van der Waals surface area contributed by atoms with Gasteiger partial charge < -0.3 is 10.1 Å². The first-order valence-corrected chi connectivity index (χ1v) is 7.29. The maximum absolute atomic E-state index is 6.24.